The van der Waals surface area contributed by atoms with Crippen LogP contribution in [0.1, 0.15) is 0 Å². The maximum absolute atomic E-state index is 6.06. The SMILES string of the molecule is c1cc(-c2ccc3cc(-c4cc5c6c(cccc6c4)-c4ccccc4-5)ccc3c2)cc(-c2ccc3oc4ccccc4c3c2)c1. The molecule has 0 atom stereocenters. The number of furan rings is 1. The van der Waals surface area contributed by atoms with E-state index in [1.807, 2.05) is 12.1 Å². The molecule has 1 nitrogen and oxygen atoms in total. The molecule has 10 rings (SSSR count). The summed E-state index contributed by atoms with van der Waals surface area (Å²) in [7, 11) is 0. The molecule has 1 aliphatic rings. The van der Waals surface area contributed by atoms with E-state index in [4.69, 9.17) is 4.42 Å². The van der Waals surface area contributed by atoms with Gasteiger partial charge in [0, 0.05) is 10.8 Å². The molecule has 0 amide bonds. The largest absolute Gasteiger partial charge is 0.456 e. The van der Waals surface area contributed by atoms with E-state index in [1.54, 1.807) is 0 Å². The Kier molecular flexibility index (Phi) is 5.06. The number of hydrogen-bond donors (Lipinski definition) is 0. The summed E-state index contributed by atoms with van der Waals surface area (Å²) in [6.45, 7) is 0. The fraction of sp³-hybridized carbons (Fsp3) is 0. The van der Waals surface area contributed by atoms with Gasteiger partial charge in [-0.25, -0.2) is 0 Å². The molecule has 1 aromatic heterocycles. The Morgan fingerprint density at radius 2 is 0.867 bits per heavy atom. The Balaban J connectivity index is 1.02. The van der Waals surface area contributed by atoms with Gasteiger partial charge in [-0.05, 0) is 126 Å². The van der Waals surface area contributed by atoms with E-state index in [-0.39, 0.29) is 0 Å². The second kappa shape index (κ2) is 9.29. The van der Waals surface area contributed by atoms with Crippen molar-refractivity contribution in [2.24, 2.45) is 0 Å². The van der Waals surface area contributed by atoms with Crippen LogP contribution in [0.15, 0.2) is 162 Å². The summed E-state index contributed by atoms with van der Waals surface area (Å²) in [4.78, 5) is 0. The third-order valence-electron chi connectivity index (χ3n) is 9.56. The zero-order chi connectivity index (χ0) is 29.5. The van der Waals surface area contributed by atoms with Crippen molar-refractivity contribution in [1.29, 1.82) is 0 Å². The molecular weight excluding hydrogens is 544 g/mol. The van der Waals surface area contributed by atoms with E-state index in [2.05, 4.69) is 146 Å². The second-order valence-corrected chi connectivity index (χ2v) is 12.1. The highest BCUT2D eigenvalue weighted by Gasteiger charge is 2.21. The summed E-state index contributed by atoms with van der Waals surface area (Å²) >= 11 is 0. The van der Waals surface area contributed by atoms with E-state index < -0.39 is 0 Å². The van der Waals surface area contributed by atoms with Crippen LogP contribution in [0.25, 0.3) is 99.1 Å². The van der Waals surface area contributed by atoms with Gasteiger partial charge in [0.25, 0.3) is 0 Å². The number of para-hydroxylation sites is 1. The average molecular weight is 571 g/mol. The first-order chi connectivity index (χ1) is 22.3. The molecule has 1 aliphatic carbocycles. The second-order valence-electron chi connectivity index (χ2n) is 12.1. The molecule has 1 heteroatoms. The zero-order valence-corrected chi connectivity index (χ0v) is 24.4. The predicted molar refractivity (Wildman–Crippen MR) is 189 cm³/mol. The molecule has 0 radical (unpaired) electrons. The van der Waals surface area contributed by atoms with Crippen molar-refractivity contribution in [2.75, 3.05) is 0 Å². The van der Waals surface area contributed by atoms with Crippen LogP contribution in [0.2, 0.25) is 0 Å². The molecule has 0 fully saturated rings. The molecule has 8 aromatic carbocycles. The van der Waals surface area contributed by atoms with Crippen LogP contribution in [0, 0.1) is 0 Å². The van der Waals surface area contributed by atoms with Gasteiger partial charge in [0.2, 0.25) is 0 Å². The highest BCUT2D eigenvalue weighted by molar-refractivity contribution is 6.16. The van der Waals surface area contributed by atoms with Crippen LogP contribution in [0.3, 0.4) is 0 Å². The quantitative estimate of drug-likeness (QED) is 0.206. The van der Waals surface area contributed by atoms with Gasteiger partial charge in [0.1, 0.15) is 11.2 Å². The van der Waals surface area contributed by atoms with E-state index in [0.29, 0.717) is 0 Å². The van der Waals surface area contributed by atoms with Crippen molar-refractivity contribution in [2.45, 2.75) is 0 Å². The lowest BCUT2D eigenvalue weighted by Gasteiger charge is -2.11. The molecule has 0 N–H and O–H groups in total. The monoisotopic (exact) mass is 570 g/mol. The van der Waals surface area contributed by atoms with Crippen molar-refractivity contribution in [3.05, 3.63) is 158 Å². The van der Waals surface area contributed by atoms with Gasteiger partial charge < -0.3 is 4.42 Å². The fourth-order valence-electron chi connectivity index (χ4n) is 7.37. The Morgan fingerprint density at radius 1 is 0.289 bits per heavy atom. The topological polar surface area (TPSA) is 13.1 Å². The van der Waals surface area contributed by atoms with Crippen molar-refractivity contribution >= 4 is 43.5 Å². The van der Waals surface area contributed by atoms with Crippen LogP contribution >= 0.6 is 0 Å². The molecule has 9 aromatic rings. The first kappa shape index (κ1) is 24.5. The fourth-order valence-corrected chi connectivity index (χ4v) is 7.37. The molecule has 0 saturated heterocycles. The molecule has 0 bridgehead atoms. The van der Waals surface area contributed by atoms with Gasteiger partial charge in [-0.1, -0.05) is 109 Å². The smallest absolute Gasteiger partial charge is 0.135 e. The summed E-state index contributed by atoms with van der Waals surface area (Å²) in [5, 5.41) is 7.46. The lowest BCUT2D eigenvalue weighted by atomic mass is 9.93. The van der Waals surface area contributed by atoms with Crippen LogP contribution in [-0.4, -0.2) is 0 Å². The summed E-state index contributed by atoms with van der Waals surface area (Å²) in [6, 6.07) is 57.5. The third kappa shape index (κ3) is 3.74. The first-order valence-electron chi connectivity index (χ1n) is 15.5. The van der Waals surface area contributed by atoms with Crippen molar-refractivity contribution < 1.29 is 4.42 Å². The average Bonchev–Trinajstić information content (AvgIpc) is 3.64. The van der Waals surface area contributed by atoms with Crippen LogP contribution < -0.4 is 0 Å². The number of benzene rings is 8. The van der Waals surface area contributed by atoms with Gasteiger partial charge in [0.15, 0.2) is 0 Å². The standard InChI is InChI=1S/C44H26O/c1-2-11-37-36(10-1)39-13-6-9-34-24-35(26-41(37)44(34)39)32-18-17-30-22-29(15-16-31(30)23-32)27-7-5-8-28(21-27)33-19-20-43-40(25-33)38-12-3-4-14-42(38)45-43/h1-26H. The van der Waals surface area contributed by atoms with Crippen molar-refractivity contribution in [3.8, 4) is 55.6 Å². The third-order valence-corrected chi connectivity index (χ3v) is 9.56. The Labute approximate surface area is 260 Å². The van der Waals surface area contributed by atoms with Crippen molar-refractivity contribution in [3.63, 3.8) is 0 Å². The van der Waals surface area contributed by atoms with Crippen LogP contribution in [0.5, 0.6) is 0 Å². The first-order valence-corrected chi connectivity index (χ1v) is 15.5. The number of rotatable bonds is 3. The maximum Gasteiger partial charge on any atom is 0.135 e. The summed E-state index contributed by atoms with van der Waals surface area (Å²) in [5.41, 5.74) is 14.5. The summed E-state index contributed by atoms with van der Waals surface area (Å²) in [6.07, 6.45) is 0. The molecule has 208 valence electrons. The lowest BCUT2D eigenvalue weighted by molar-refractivity contribution is 0.669. The predicted octanol–water partition coefficient (Wildman–Crippen LogP) is 12.5. The van der Waals surface area contributed by atoms with Gasteiger partial charge >= 0.3 is 0 Å². The Morgan fingerprint density at radius 3 is 1.69 bits per heavy atom. The van der Waals surface area contributed by atoms with Gasteiger partial charge in [-0.15, -0.1) is 0 Å². The van der Waals surface area contributed by atoms with Crippen LogP contribution in [-0.2, 0) is 0 Å². The van der Waals surface area contributed by atoms with Gasteiger partial charge in [-0.3, -0.25) is 0 Å². The highest BCUT2D eigenvalue weighted by atomic mass is 16.3. The molecular formula is C44H26O. The van der Waals surface area contributed by atoms with Crippen molar-refractivity contribution in [1.82, 2.24) is 0 Å². The minimum absolute atomic E-state index is 0.923. The minimum atomic E-state index is 0.923. The summed E-state index contributed by atoms with van der Waals surface area (Å²) in [5.74, 6) is 0. The Hall–Kier alpha value is -5.92. The van der Waals surface area contributed by atoms with E-state index in [9.17, 15) is 0 Å². The molecule has 0 spiro atoms. The van der Waals surface area contributed by atoms with Gasteiger partial charge in [0.05, 0.1) is 0 Å². The minimum Gasteiger partial charge on any atom is -0.456 e. The van der Waals surface area contributed by atoms with Gasteiger partial charge in [-0.2, -0.15) is 0 Å². The highest BCUT2D eigenvalue weighted by Crippen LogP contribution is 2.48. The molecule has 0 saturated carbocycles. The Bertz CT molecular complexity index is 2650. The molecule has 0 unspecified atom stereocenters. The number of fused-ring (bicyclic) bond motifs is 7. The molecule has 1 heterocycles. The van der Waals surface area contributed by atoms with E-state index in [1.165, 1.54) is 77.2 Å². The lowest BCUT2D eigenvalue weighted by Crippen LogP contribution is -1.85. The molecule has 0 aliphatic heterocycles. The zero-order valence-electron chi connectivity index (χ0n) is 24.4. The van der Waals surface area contributed by atoms with E-state index in [0.717, 1.165) is 21.9 Å². The normalized spacial score (nSPS) is 12.0. The van der Waals surface area contributed by atoms with E-state index >= 15 is 0 Å². The maximum atomic E-state index is 6.06. The van der Waals surface area contributed by atoms with Crippen LogP contribution in [0.4, 0.5) is 0 Å². The number of hydrogen-bond acceptors (Lipinski definition) is 1. The summed E-state index contributed by atoms with van der Waals surface area (Å²) < 4.78 is 6.06. The molecule has 45 heavy (non-hydrogen) atoms.